The third-order valence-corrected chi connectivity index (χ3v) is 8.06. The molecule has 9 nitrogen and oxygen atoms in total. The third-order valence-electron chi connectivity index (χ3n) is 8.06. The number of anilines is 1. The van der Waals surface area contributed by atoms with Gasteiger partial charge in [-0.2, -0.15) is 0 Å². The van der Waals surface area contributed by atoms with Crippen LogP contribution in [0, 0.1) is 0 Å². The Kier molecular flexibility index (Phi) is 8.33. The van der Waals surface area contributed by atoms with Crippen LogP contribution in [0.15, 0.2) is 85.1 Å². The molecule has 0 radical (unpaired) electrons. The lowest BCUT2D eigenvalue weighted by atomic mass is 10.1. The van der Waals surface area contributed by atoms with Gasteiger partial charge in [0.2, 0.25) is 0 Å². The van der Waals surface area contributed by atoms with Crippen LogP contribution < -0.4 is 5.73 Å². The zero-order chi connectivity index (χ0) is 29.8. The summed E-state index contributed by atoms with van der Waals surface area (Å²) in [7, 11) is 1.84. The number of carbonyl (C=O) groups is 1. The number of hydrogen-bond donors (Lipinski definition) is 1. The number of amides is 1. The average Bonchev–Trinajstić information content (AvgIpc) is 3.66. The zero-order valence-corrected chi connectivity index (χ0v) is 24.7. The Morgan fingerprint density at radius 2 is 1.84 bits per heavy atom. The standard InChI is InChI=1S/C34H37N7O2/c1-3-4-21-43-34(42)39(2)27-18-20-40(23-27)22-24-12-14-26(15-13-24)41-32(28-11-8-19-36-31(28)35)38-30-17-16-29(37-33(30)41)25-9-6-5-7-10-25/h5-17,19,27H,3-4,18,20-23H2,1-2H3,(H2,35,36)/t27-/m0/s1. The number of carbonyl (C=O) groups excluding carboxylic acids is 1. The lowest BCUT2D eigenvalue weighted by Gasteiger charge is -2.24. The van der Waals surface area contributed by atoms with Gasteiger partial charge >= 0.3 is 6.09 Å². The normalized spacial score (nSPS) is 15.2. The van der Waals surface area contributed by atoms with Gasteiger partial charge in [0.25, 0.3) is 0 Å². The molecule has 0 saturated carbocycles. The molecule has 43 heavy (non-hydrogen) atoms. The predicted molar refractivity (Wildman–Crippen MR) is 170 cm³/mol. The van der Waals surface area contributed by atoms with E-state index in [0.29, 0.717) is 18.2 Å². The van der Waals surface area contributed by atoms with Gasteiger partial charge in [-0.25, -0.2) is 19.7 Å². The molecule has 0 bridgehead atoms. The summed E-state index contributed by atoms with van der Waals surface area (Å²) < 4.78 is 7.47. The third kappa shape index (κ3) is 6.08. The highest BCUT2D eigenvalue weighted by molar-refractivity contribution is 5.84. The average molecular weight is 576 g/mol. The summed E-state index contributed by atoms with van der Waals surface area (Å²) in [5, 5.41) is 0. The van der Waals surface area contributed by atoms with Crippen molar-refractivity contribution in [1.29, 1.82) is 0 Å². The Morgan fingerprint density at radius 3 is 2.60 bits per heavy atom. The molecular weight excluding hydrogens is 538 g/mol. The molecule has 9 heteroatoms. The molecule has 220 valence electrons. The maximum absolute atomic E-state index is 12.4. The largest absolute Gasteiger partial charge is 0.449 e. The molecule has 2 aromatic carbocycles. The number of unbranched alkanes of at least 4 members (excludes halogenated alkanes) is 1. The second kappa shape index (κ2) is 12.6. The lowest BCUT2D eigenvalue weighted by Crippen LogP contribution is -2.39. The number of pyridine rings is 2. The molecule has 5 aromatic rings. The first kappa shape index (κ1) is 28.4. The van der Waals surface area contributed by atoms with Crippen molar-refractivity contribution in [2.75, 3.05) is 32.5 Å². The van der Waals surface area contributed by atoms with E-state index in [4.69, 9.17) is 20.4 Å². The summed E-state index contributed by atoms with van der Waals surface area (Å²) in [5.74, 6) is 1.11. The molecule has 0 aliphatic carbocycles. The van der Waals surface area contributed by atoms with Crippen molar-refractivity contribution in [3.8, 4) is 28.3 Å². The fourth-order valence-corrected chi connectivity index (χ4v) is 5.59. The topological polar surface area (TPSA) is 102 Å². The van der Waals surface area contributed by atoms with E-state index in [9.17, 15) is 4.79 Å². The second-order valence-corrected chi connectivity index (χ2v) is 11.0. The van der Waals surface area contributed by atoms with Crippen LogP contribution in [0.5, 0.6) is 0 Å². The summed E-state index contributed by atoms with van der Waals surface area (Å²) in [6.45, 7) is 5.13. The molecule has 1 aliphatic rings. The fraction of sp³-hybridized carbons (Fsp3) is 0.294. The van der Waals surface area contributed by atoms with Crippen LogP contribution in [0.25, 0.3) is 39.5 Å². The van der Waals surface area contributed by atoms with Crippen LogP contribution >= 0.6 is 0 Å². The Bertz CT molecular complexity index is 1700. The minimum Gasteiger partial charge on any atom is -0.449 e. The number of hydrogen-bond acceptors (Lipinski definition) is 7. The Balaban J connectivity index is 1.26. The number of nitrogens with zero attached hydrogens (tertiary/aromatic N) is 6. The molecule has 0 unspecified atom stereocenters. The molecule has 1 saturated heterocycles. The van der Waals surface area contributed by atoms with Crippen LogP contribution in [-0.4, -0.2) is 68.2 Å². The van der Waals surface area contributed by atoms with Crippen LogP contribution in [0.3, 0.4) is 0 Å². The van der Waals surface area contributed by atoms with E-state index in [1.807, 2.05) is 49.5 Å². The van der Waals surface area contributed by atoms with Crippen molar-refractivity contribution in [1.82, 2.24) is 29.3 Å². The number of imidazole rings is 1. The van der Waals surface area contributed by atoms with Crippen LogP contribution in [0.2, 0.25) is 0 Å². The number of likely N-dealkylation sites (tertiary alicyclic amines) is 1. The molecular formula is C34H37N7O2. The number of nitrogens with two attached hydrogens (primary N) is 1. The van der Waals surface area contributed by atoms with E-state index in [1.165, 1.54) is 5.56 Å². The van der Waals surface area contributed by atoms with Gasteiger partial charge in [-0.05, 0) is 54.8 Å². The van der Waals surface area contributed by atoms with Crippen LogP contribution in [0.4, 0.5) is 10.6 Å². The second-order valence-electron chi connectivity index (χ2n) is 11.0. The number of rotatable bonds is 9. The Morgan fingerprint density at radius 1 is 1.02 bits per heavy atom. The first-order valence-electron chi connectivity index (χ1n) is 14.9. The maximum atomic E-state index is 12.4. The van der Waals surface area contributed by atoms with Gasteiger partial charge in [0.1, 0.15) is 11.3 Å². The minimum absolute atomic E-state index is 0.156. The van der Waals surface area contributed by atoms with Crippen molar-refractivity contribution < 1.29 is 9.53 Å². The molecule has 6 rings (SSSR count). The minimum atomic E-state index is -0.230. The molecule has 3 aromatic heterocycles. The van der Waals surface area contributed by atoms with Gasteiger partial charge < -0.3 is 15.4 Å². The SMILES string of the molecule is CCCCOC(=O)N(C)[C@H]1CCN(Cc2ccc(-n3c(-c4cccnc4N)nc4ccc(-c5ccccc5)nc43)cc2)C1. The first-order chi connectivity index (χ1) is 21.0. The predicted octanol–water partition coefficient (Wildman–Crippen LogP) is 6.17. The molecule has 4 heterocycles. The number of aromatic nitrogens is 4. The van der Waals surface area contributed by atoms with Gasteiger partial charge in [-0.15, -0.1) is 0 Å². The van der Waals surface area contributed by atoms with Crippen LogP contribution in [0.1, 0.15) is 31.7 Å². The molecule has 2 N–H and O–H groups in total. The van der Waals surface area contributed by atoms with E-state index in [-0.39, 0.29) is 12.1 Å². The van der Waals surface area contributed by atoms with Crippen molar-refractivity contribution in [2.45, 2.75) is 38.8 Å². The van der Waals surface area contributed by atoms with Crippen molar-refractivity contribution in [3.63, 3.8) is 0 Å². The Labute approximate surface area is 252 Å². The monoisotopic (exact) mass is 575 g/mol. The smallest absolute Gasteiger partial charge is 0.409 e. The highest BCUT2D eigenvalue weighted by Gasteiger charge is 2.29. The number of benzene rings is 2. The highest BCUT2D eigenvalue weighted by atomic mass is 16.6. The summed E-state index contributed by atoms with van der Waals surface area (Å²) in [5.41, 5.74) is 12.7. The highest BCUT2D eigenvalue weighted by Crippen LogP contribution is 2.32. The van der Waals surface area contributed by atoms with Gasteiger partial charge in [-0.3, -0.25) is 9.47 Å². The van der Waals surface area contributed by atoms with Crippen molar-refractivity contribution >= 4 is 23.1 Å². The Hall–Kier alpha value is -4.76. The molecule has 1 amide bonds. The fourth-order valence-electron chi connectivity index (χ4n) is 5.59. The molecule has 1 fully saturated rings. The van der Waals surface area contributed by atoms with E-state index in [0.717, 1.165) is 72.6 Å². The van der Waals surface area contributed by atoms with Crippen molar-refractivity contribution in [2.24, 2.45) is 0 Å². The first-order valence-corrected chi connectivity index (χ1v) is 14.9. The van der Waals surface area contributed by atoms with Gasteiger partial charge in [-0.1, -0.05) is 55.8 Å². The zero-order valence-electron chi connectivity index (χ0n) is 24.7. The lowest BCUT2D eigenvalue weighted by molar-refractivity contribution is 0.0962. The number of nitrogen functional groups attached to an aromatic ring is 1. The number of ether oxygens (including phenoxy) is 1. The van der Waals surface area contributed by atoms with Crippen molar-refractivity contribution in [3.05, 3.63) is 90.6 Å². The van der Waals surface area contributed by atoms with Gasteiger partial charge in [0.15, 0.2) is 11.5 Å². The van der Waals surface area contributed by atoms with E-state index < -0.39 is 0 Å². The molecule has 0 spiro atoms. The van der Waals surface area contributed by atoms with E-state index in [2.05, 4.69) is 57.8 Å². The number of likely N-dealkylation sites (N-methyl/N-ethyl adjacent to an activating group) is 1. The number of fused-ring (bicyclic) bond motifs is 1. The van der Waals surface area contributed by atoms with Gasteiger partial charge in [0, 0.05) is 50.2 Å². The molecule has 1 atom stereocenters. The van der Waals surface area contributed by atoms with Crippen LogP contribution in [-0.2, 0) is 11.3 Å². The maximum Gasteiger partial charge on any atom is 0.409 e. The molecule has 1 aliphatic heterocycles. The summed E-state index contributed by atoms with van der Waals surface area (Å²) in [6.07, 6.45) is 4.29. The van der Waals surface area contributed by atoms with E-state index in [1.54, 1.807) is 11.1 Å². The quantitative estimate of drug-likeness (QED) is 0.210. The summed E-state index contributed by atoms with van der Waals surface area (Å²) in [6, 6.07) is 26.6. The van der Waals surface area contributed by atoms with Gasteiger partial charge in [0.05, 0.1) is 17.9 Å². The summed E-state index contributed by atoms with van der Waals surface area (Å²) in [4.78, 5) is 30.9. The summed E-state index contributed by atoms with van der Waals surface area (Å²) >= 11 is 0. The van der Waals surface area contributed by atoms with E-state index >= 15 is 0 Å².